The monoisotopic (exact) mass is 639 g/mol. The number of rotatable bonds is 6. The minimum Gasteiger partial charge on any atom is -0.341 e. The van der Waals surface area contributed by atoms with E-state index in [0.717, 1.165) is 16.4 Å². The highest BCUT2D eigenvalue weighted by Gasteiger charge is 2.36. The largest absolute Gasteiger partial charge is 0.416 e. The van der Waals surface area contributed by atoms with Crippen LogP contribution in [-0.2, 0) is 16.4 Å². The third-order valence-corrected chi connectivity index (χ3v) is 8.57. The first-order valence-electron chi connectivity index (χ1n) is 12.2. The van der Waals surface area contributed by atoms with Crippen LogP contribution in [0.2, 0.25) is 5.02 Å². The number of amides is 2. The van der Waals surface area contributed by atoms with Crippen molar-refractivity contribution < 1.29 is 40.0 Å². The van der Waals surface area contributed by atoms with Gasteiger partial charge in [-0.1, -0.05) is 11.6 Å². The van der Waals surface area contributed by atoms with Gasteiger partial charge in [-0.2, -0.15) is 31.0 Å². The zero-order chi connectivity index (χ0) is 31.4. The van der Waals surface area contributed by atoms with Gasteiger partial charge in [0.25, 0.3) is 11.8 Å². The molecule has 1 atom stereocenters. The van der Waals surface area contributed by atoms with Crippen molar-refractivity contribution in [1.29, 1.82) is 0 Å². The molecule has 0 bridgehead atoms. The Labute approximate surface area is 246 Å². The van der Waals surface area contributed by atoms with Crippen LogP contribution in [-0.4, -0.2) is 47.8 Å². The Hall–Kier alpha value is -4.34. The summed E-state index contributed by atoms with van der Waals surface area (Å²) in [4.78, 5) is 26.4. The molecule has 1 aromatic heterocycles. The highest BCUT2D eigenvalue weighted by molar-refractivity contribution is 7.87. The average Bonchev–Trinajstić information content (AvgIpc) is 3.55. The molecular formula is C27H19ClF5N5O4S. The SMILES string of the molecule is CN(C)S(=O)(=O)n1nccc1-c1cc(NC(=O)c2cc(F)cc(C(F)(F)F)c2)c2c(c1)C(=O)N[C@H]2c1cc(F)ccc1Cl. The number of benzene rings is 3. The lowest BCUT2D eigenvalue weighted by atomic mass is 9.93. The van der Waals surface area contributed by atoms with Crippen molar-refractivity contribution in [2.75, 3.05) is 19.4 Å². The lowest BCUT2D eigenvalue weighted by Gasteiger charge is -2.20. The molecule has 224 valence electrons. The smallest absolute Gasteiger partial charge is 0.341 e. The van der Waals surface area contributed by atoms with Crippen LogP contribution in [0, 0.1) is 11.6 Å². The molecule has 16 heteroatoms. The Kier molecular flexibility index (Phi) is 7.52. The predicted molar refractivity (Wildman–Crippen MR) is 146 cm³/mol. The number of halogens is 6. The summed E-state index contributed by atoms with van der Waals surface area (Å²) in [6.07, 6.45) is -3.77. The van der Waals surface area contributed by atoms with E-state index >= 15 is 0 Å². The van der Waals surface area contributed by atoms with Gasteiger partial charge in [0.2, 0.25) is 0 Å². The summed E-state index contributed by atoms with van der Waals surface area (Å²) < 4.78 is 95.6. The minimum absolute atomic E-state index is 0.0304. The number of alkyl halides is 3. The fourth-order valence-electron chi connectivity index (χ4n) is 4.57. The zero-order valence-electron chi connectivity index (χ0n) is 22.0. The molecule has 1 aliphatic heterocycles. The van der Waals surface area contributed by atoms with Crippen LogP contribution in [0.3, 0.4) is 0 Å². The van der Waals surface area contributed by atoms with Gasteiger partial charge < -0.3 is 10.6 Å². The van der Waals surface area contributed by atoms with E-state index in [4.69, 9.17) is 11.6 Å². The van der Waals surface area contributed by atoms with E-state index in [9.17, 15) is 40.0 Å². The lowest BCUT2D eigenvalue weighted by molar-refractivity contribution is -0.137. The van der Waals surface area contributed by atoms with Crippen molar-refractivity contribution in [3.05, 3.63) is 105 Å². The molecule has 3 aromatic carbocycles. The average molecular weight is 640 g/mol. The van der Waals surface area contributed by atoms with Crippen LogP contribution < -0.4 is 10.6 Å². The number of nitrogens with zero attached hydrogens (tertiary/aromatic N) is 3. The molecule has 2 N–H and O–H groups in total. The van der Waals surface area contributed by atoms with Gasteiger partial charge >= 0.3 is 16.4 Å². The topological polar surface area (TPSA) is 113 Å². The van der Waals surface area contributed by atoms with Crippen LogP contribution in [0.4, 0.5) is 27.6 Å². The Bertz CT molecular complexity index is 1910. The van der Waals surface area contributed by atoms with Crippen molar-refractivity contribution in [2.45, 2.75) is 12.2 Å². The van der Waals surface area contributed by atoms with Crippen molar-refractivity contribution >= 4 is 39.3 Å². The van der Waals surface area contributed by atoms with Crippen LogP contribution in [0.5, 0.6) is 0 Å². The van der Waals surface area contributed by atoms with E-state index < -0.39 is 57.0 Å². The molecule has 4 aromatic rings. The number of carbonyl (C=O) groups excluding carboxylic acids is 2. The lowest BCUT2D eigenvalue weighted by Crippen LogP contribution is -2.30. The van der Waals surface area contributed by atoms with Gasteiger partial charge in [0.05, 0.1) is 23.5 Å². The summed E-state index contributed by atoms with van der Waals surface area (Å²) in [7, 11) is -1.63. The van der Waals surface area contributed by atoms with Crippen molar-refractivity contribution in [3.8, 4) is 11.3 Å². The van der Waals surface area contributed by atoms with Crippen molar-refractivity contribution in [1.82, 2.24) is 18.8 Å². The first-order valence-corrected chi connectivity index (χ1v) is 14.0. The van der Waals surface area contributed by atoms with E-state index in [0.29, 0.717) is 16.2 Å². The molecule has 2 heterocycles. The summed E-state index contributed by atoms with van der Waals surface area (Å²) >= 11 is 6.30. The number of hydrogen-bond acceptors (Lipinski definition) is 5. The molecule has 0 saturated carbocycles. The maximum Gasteiger partial charge on any atom is 0.416 e. The maximum atomic E-state index is 14.2. The molecule has 0 fully saturated rings. The van der Waals surface area contributed by atoms with Crippen LogP contribution >= 0.6 is 11.6 Å². The van der Waals surface area contributed by atoms with E-state index in [1.54, 1.807) is 0 Å². The number of aromatic nitrogens is 2. The molecule has 0 spiro atoms. The quantitative estimate of drug-likeness (QED) is 0.280. The van der Waals surface area contributed by atoms with Gasteiger partial charge in [0.1, 0.15) is 11.6 Å². The van der Waals surface area contributed by atoms with Crippen molar-refractivity contribution in [3.63, 3.8) is 0 Å². The minimum atomic E-state index is -4.95. The first kappa shape index (κ1) is 30.1. The third-order valence-electron chi connectivity index (χ3n) is 6.58. The van der Waals surface area contributed by atoms with Gasteiger partial charge in [-0.3, -0.25) is 9.59 Å². The van der Waals surface area contributed by atoms with Crippen LogP contribution in [0.15, 0.2) is 60.8 Å². The normalized spacial score (nSPS) is 15.0. The molecule has 2 amide bonds. The van der Waals surface area contributed by atoms with E-state index in [2.05, 4.69) is 15.7 Å². The second-order valence-electron chi connectivity index (χ2n) is 9.59. The van der Waals surface area contributed by atoms with Gasteiger partial charge in [-0.25, -0.2) is 8.78 Å². The molecular weight excluding hydrogens is 621 g/mol. The van der Waals surface area contributed by atoms with Gasteiger partial charge in [-0.05, 0) is 54.6 Å². The summed E-state index contributed by atoms with van der Waals surface area (Å²) in [6, 6.07) is 7.44. The highest BCUT2D eigenvalue weighted by atomic mass is 35.5. The first-order chi connectivity index (χ1) is 20.1. The molecule has 0 saturated heterocycles. The maximum absolute atomic E-state index is 14.2. The summed E-state index contributed by atoms with van der Waals surface area (Å²) in [6.45, 7) is 0. The van der Waals surface area contributed by atoms with Crippen molar-refractivity contribution in [2.24, 2.45) is 0 Å². The Balaban J connectivity index is 1.71. The Morgan fingerprint density at radius 2 is 1.77 bits per heavy atom. The number of anilines is 1. The third kappa shape index (κ3) is 5.58. The van der Waals surface area contributed by atoms with Crippen LogP contribution in [0.1, 0.15) is 43.4 Å². The van der Waals surface area contributed by atoms with E-state index in [1.807, 2.05) is 0 Å². The molecule has 0 unspecified atom stereocenters. The van der Waals surface area contributed by atoms with Gasteiger partial charge in [-0.15, -0.1) is 4.09 Å². The second kappa shape index (κ2) is 10.7. The Morgan fingerprint density at radius 1 is 1.05 bits per heavy atom. The molecule has 0 radical (unpaired) electrons. The molecule has 1 aliphatic rings. The number of fused-ring (bicyclic) bond motifs is 1. The molecule has 9 nitrogen and oxygen atoms in total. The standard InChI is InChI=1S/C27H19ClF5N5O4S/c1-37(2)43(41,42)38-22(5-6-34-38)13-9-19-23(24(36-26(19)40)18-12-16(29)3-4-20(18)28)21(10-13)35-25(39)14-7-15(27(31,32)33)11-17(30)8-14/h3-12,24H,1-2H3,(H,35,39)(H,36,40)/t24-/m0/s1. The second-order valence-corrected chi connectivity index (χ2v) is 12.0. The Morgan fingerprint density at radius 3 is 2.44 bits per heavy atom. The van der Waals surface area contributed by atoms with E-state index in [-0.39, 0.29) is 44.7 Å². The number of hydrogen-bond donors (Lipinski definition) is 2. The van der Waals surface area contributed by atoms with Gasteiger partial charge in [0.15, 0.2) is 0 Å². The fraction of sp³-hybridized carbons (Fsp3) is 0.148. The molecule has 5 rings (SSSR count). The van der Waals surface area contributed by atoms with Crippen LogP contribution in [0.25, 0.3) is 11.3 Å². The number of nitrogens with one attached hydrogen (secondary N) is 2. The summed E-state index contributed by atoms with van der Waals surface area (Å²) in [5.41, 5.74) is -2.16. The van der Waals surface area contributed by atoms with E-state index in [1.165, 1.54) is 44.6 Å². The fourth-order valence-corrected chi connectivity index (χ4v) is 5.69. The molecule has 0 aliphatic carbocycles. The molecule has 43 heavy (non-hydrogen) atoms. The zero-order valence-corrected chi connectivity index (χ0v) is 23.6. The number of carbonyl (C=O) groups is 2. The summed E-state index contributed by atoms with van der Waals surface area (Å²) in [5, 5.41) is 8.95. The summed E-state index contributed by atoms with van der Waals surface area (Å²) in [5.74, 6) is -3.90. The predicted octanol–water partition coefficient (Wildman–Crippen LogP) is 5.24. The highest BCUT2D eigenvalue weighted by Crippen LogP contribution is 2.42. The van der Waals surface area contributed by atoms with Gasteiger partial charge in [0, 0.05) is 52.6 Å².